The lowest BCUT2D eigenvalue weighted by Gasteiger charge is -2.15. The molecule has 1 aromatic heterocycles. The molecule has 0 aliphatic heterocycles. The minimum Gasteiger partial charge on any atom is -0.304 e. The van der Waals surface area contributed by atoms with Crippen molar-refractivity contribution in [3.05, 3.63) is 36.4 Å². The van der Waals surface area contributed by atoms with Crippen molar-refractivity contribution in [2.24, 2.45) is 0 Å². The quantitative estimate of drug-likeness (QED) is 0.731. The monoisotopic (exact) mass is 304 g/mol. The Bertz CT molecular complexity index is 818. The minimum absolute atomic E-state index is 0.308. The molecule has 0 saturated heterocycles. The van der Waals surface area contributed by atoms with E-state index in [1.54, 1.807) is 13.8 Å². The topological polar surface area (TPSA) is 64.2 Å². The van der Waals surface area contributed by atoms with Gasteiger partial charge in [-0.2, -0.15) is 5.10 Å². The summed E-state index contributed by atoms with van der Waals surface area (Å²) in [6, 6.07) is 11.8. The summed E-state index contributed by atoms with van der Waals surface area (Å²) < 4.78 is 23.9. The Labute approximate surface area is 122 Å². The number of rotatable bonds is 5. The Kier molecular flexibility index (Phi) is 3.81. The van der Waals surface area contributed by atoms with Crippen molar-refractivity contribution in [2.75, 3.05) is 13.2 Å². The fraction of sp³-hybridized carbons (Fsp3) is 0.267. The van der Waals surface area contributed by atoms with E-state index >= 15 is 0 Å². The van der Waals surface area contributed by atoms with Gasteiger partial charge in [-0.3, -0.25) is 9.66 Å². The molecule has 5 nitrogen and oxygen atoms in total. The van der Waals surface area contributed by atoms with Crippen LogP contribution < -0.4 is 5.44 Å². The molecular weight excluding hydrogens is 287 g/mol. The van der Waals surface area contributed by atoms with Gasteiger partial charge in [-0.05, 0) is 30.7 Å². The molecule has 0 fully saturated rings. The van der Waals surface area contributed by atoms with Gasteiger partial charge in [0, 0.05) is 5.39 Å². The van der Waals surface area contributed by atoms with E-state index in [0.717, 1.165) is 21.7 Å². The molecule has 0 aliphatic carbocycles. The predicted molar refractivity (Wildman–Crippen MR) is 84.1 cm³/mol. The minimum atomic E-state index is -3.39. The first-order chi connectivity index (χ1) is 10.2. The molecule has 0 amide bonds. The van der Waals surface area contributed by atoms with Crippen LogP contribution in [0.25, 0.3) is 21.7 Å². The maximum Gasteiger partial charge on any atom is 0.379 e. The summed E-state index contributed by atoms with van der Waals surface area (Å²) in [7, 11) is -3.39. The Morgan fingerprint density at radius 3 is 2.52 bits per heavy atom. The van der Waals surface area contributed by atoms with E-state index in [0.29, 0.717) is 18.6 Å². The standard InChI is InChI=1S/C15H17N2O3P/c1-3-19-21(18,20-4-2)15-14-12-8-6-5-7-11(12)9-10-13(14)16-17-15/h5-10H,3-4H2,1-2H3,(H,16,17). The number of aromatic nitrogens is 2. The zero-order chi connectivity index (χ0) is 14.9. The molecule has 110 valence electrons. The summed E-state index contributed by atoms with van der Waals surface area (Å²) in [5.41, 5.74) is 1.18. The SMILES string of the molecule is CCOP(=O)(OCC)c1[nH]nc2ccc3ccccc3c12. The highest BCUT2D eigenvalue weighted by Crippen LogP contribution is 2.48. The third kappa shape index (κ3) is 2.38. The maximum absolute atomic E-state index is 13.0. The van der Waals surface area contributed by atoms with Crippen LogP contribution in [0.3, 0.4) is 0 Å². The summed E-state index contributed by atoms with van der Waals surface area (Å²) in [4.78, 5) is 0. The first-order valence-electron chi connectivity index (χ1n) is 6.95. The van der Waals surface area contributed by atoms with Crippen LogP contribution in [-0.4, -0.2) is 23.4 Å². The molecule has 1 N–H and O–H groups in total. The van der Waals surface area contributed by atoms with Crippen LogP contribution in [0.4, 0.5) is 0 Å². The molecule has 0 saturated carbocycles. The molecule has 0 spiro atoms. The lowest BCUT2D eigenvalue weighted by Crippen LogP contribution is -2.12. The second-order valence-corrected chi connectivity index (χ2v) is 6.54. The largest absolute Gasteiger partial charge is 0.379 e. The fourth-order valence-electron chi connectivity index (χ4n) is 2.48. The van der Waals surface area contributed by atoms with Crippen molar-refractivity contribution in [3.63, 3.8) is 0 Å². The van der Waals surface area contributed by atoms with Crippen molar-refractivity contribution >= 4 is 34.7 Å². The Balaban J connectivity index is 2.32. The van der Waals surface area contributed by atoms with Gasteiger partial charge < -0.3 is 9.05 Å². The molecule has 2 aromatic carbocycles. The molecule has 0 bridgehead atoms. The first kappa shape index (κ1) is 14.3. The lowest BCUT2D eigenvalue weighted by molar-refractivity contribution is 0.229. The highest BCUT2D eigenvalue weighted by molar-refractivity contribution is 7.62. The molecule has 1 heterocycles. The molecule has 3 aromatic rings. The summed E-state index contributed by atoms with van der Waals surface area (Å²) in [5.74, 6) is 0. The van der Waals surface area contributed by atoms with Crippen LogP contribution >= 0.6 is 7.60 Å². The van der Waals surface area contributed by atoms with Crippen molar-refractivity contribution in [1.29, 1.82) is 0 Å². The lowest BCUT2D eigenvalue weighted by atomic mass is 10.1. The average Bonchev–Trinajstić information content (AvgIpc) is 2.93. The first-order valence-corrected chi connectivity index (χ1v) is 8.49. The fourth-order valence-corrected chi connectivity index (χ4v) is 4.17. The van der Waals surface area contributed by atoms with E-state index in [9.17, 15) is 4.57 Å². The third-order valence-corrected chi connectivity index (χ3v) is 5.37. The Morgan fingerprint density at radius 1 is 1.10 bits per heavy atom. The van der Waals surface area contributed by atoms with Crippen molar-refractivity contribution in [2.45, 2.75) is 13.8 Å². The van der Waals surface area contributed by atoms with Gasteiger partial charge in [0.2, 0.25) is 0 Å². The third-order valence-electron chi connectivity index (χ3n) is 3.30. The maximum atomic E-state index is 13.0. The van der Waals surface area contributed by atoms with Gasteiger partial charge in [0.05, 0.1) is 18.7 Å². The normalized spacial score (nSPS) is 12.3. The molecule has 0 aliphatic rings. The molecule has 0 atom stereocenters. The van der Waals surface area contributed by atoms with E-state index in [4.69, 9.17) is 9.05 Å². The van der Waals surface area contributed by atoms with E-state index in [1.807, 2.05) is 36.4 Å². The van der Waals surface area contributed by atoms with Crippen LogP contribution in [0.1, 0.15) is 13.8 Å². The second kappa shape index (κ2) is 5.60. The van der Waals surface area contributed by atoms with Gasteiger partial charge >= 0.3 is 7.60 Å². The number of H-pyrrole nitrogens is 1. The van der Waals surface area contributed by atoms with Crippen LogP contribution in [0.2, 0.25) is 0 Å². The molecule has 0 radical (unpaired) electrons. The van der Waals surface area contributed by atoms with E-state index in [1.165, 1.54) is 0 Å². The number of hydrogen-bond acceptors (Lipinski definition) is 4. The number of nitrogens with one attached hydrogen (secondary N) is 1. The number of benzene rings is 2. The van der Waals surface area contributed by atoms with Gasteiger partial charge in [0.1, 0.15) is 0 Å². The number of aromatic amines is 1. The molecule has 0 unspecified atom stereocenters. The molecule has 3 rings (SSSR count). The Hall–Kier alpha value is -1.68. The van der Waals surface area contributed by atoms with Gasteiger partial charge in [-0.1, -0.05) is 30.3 Å². The van der Waals surface area contributed by atoms with E-state index in [-0.39, 0.29) is 0 Å². The van der Waals surface area contributed by atoms with Crippen LogP contribution in [0, 0.1) is 0 Å². The Morgan fingerprint density at radius 2 is 1.81 bits per heavy atom. The smallest absolute Gasteiger partial charge is 0.304 e. The van der Waals surface area contributed by atoms with Crippen LogP contribution in [0.5, 0.6) is 0 Å². The molecular formula is C15H17N2O3P. The van der Waals surface area contributed by atoms with Crippen LogP contribution in [-0.2, 0) is 13.6 Å². The number of hydrogen-bond donors (Lipinski definition) is 1. The summed E-state index contributed by atoms with van der Waals surface area (Å²) >= 11 is 0. The number of nitrogens with zero attached hydrogens (tertiary/aromatic N) is 1. The van der Waals surface area contributed by atoms with E-state index in [2.05, 4.69) is 10.2 Å². The summed E-state index contributed by atoms with van der Waals surface area (Å²) in [5, 5.41) is 9.95. The zero-order valence-corrected chi connectivity index (χ0v) is 12.9. The number of fused-ring (bicyclic) bond motifs is 3. The highest BCUT2D eigenvalue weighted by atomic mass is 31.2. The second-order valence-electron chi connectivity index (χ2n) is 4.59. The van der Waals surface area contributed by atoms with Gasteiger partial charge in [-0.25, -0.2) is 0 Å². The van der Waals surface area contributed by atoms with Gasteiger partial charge in [0.15, 0.2) is 5.44 Å². The van der Waals surface area contributed by atoms with Crippen molar-refractivity contribution in [1.82, 2.24) is 10.2 Å². The van der Waals surface area contributed by atoms with Crippen LogP contribution in [0.15, 0.2) is 36.4 Å². The van der Waals surface area contributed by atoms with Gasteiger partial charge in [-0.15, -0.1) is 0 Å². The van der Waals surface area contributed by atoms with Crippen molar-refractivity contribution in [3.8, 4) is 0 Å². The van der Waals surface area contributed by atoms with E-state index < -0.39 is 7.60 Å². The molecule has 21 heavy (non-hydrogen) atoms. The zero-order valence-electron chi connectivity index (χ0n) is 12.0. The summed E-state index contributed by atoms with van der Waals surface area (Å²) in [6.45, 7) is 4.20. The molecule has 6 heteroatoms. The summed E-state index contributed by atoms with van der Waals surface area (Å²) in [6.07, 6.45) is 0. The average molecular weight is 304 g/mol. The predicted octanol–water partition coefficient (Wildman–Crippen LogP) is 3.61. The van der Waals surface area contributed by atoms with Crippen molar-refractivity contribution < 1.29 is 13.6 Å². The van der Waals surface area contributed by atoms with Gasteiger partial charge in [0.25, 0.3) is 0 Å². The highest BCUT2D eigenvalue weighted by Gasteiger charge is 2.32.